The van der Waals surface area contributed by atoms with Crippen LogP contribution < -0.4 is 4.90 Å². The minimum absolute atomic E-state index is 0. The van der Waals surface area contributed by atoms with Gasteiger partial charge in [0.15, 0.2) is 0 Å². The van der Waals surface area contributed by atoms with E-state index in [0.29, 0.717) is 0 Å². The number of hydrogen-bond acceptors (Lipinski definition) is 6. The molecule has 29 heavy (non-hydrogen) atoms. The first-order chi connectivity index (χ1) is 13.4. The van der Waals surface area contributed by atoms with Crippen molar-refractivity contribution >= 4 is 18.4 Å². The lowest BCUT2D eigenvalue weighted by molar-refractivity contribution is -0.00571. The van der Waals surface area contributed by atoms with Crippen LogP contribution in [0.3, 0.4) is 0 Å². The number of aromatic nitrogens is 3. The number of furan rings is 1. The van der Waals surface area contributed by atoms with Crippen molar-refractivity contribution in [2.45, 2.75) is 46.8 Å². The summed E-state index contributed by atoms with van der Waals surface area (Å²) < 4.78 is 11.4. The van der Waals surface area contributed by atoms with E-state index in [1.54, 1.807) is 6.26 Å². The Morgan fingerprint density at radius 1 is 0.966 bits per heavy atom. The van der Waals surface area contributed by atoms with Crippen LogP contribution in [0.1, 0.15) is 30.9 Å². The normalized spacial score (nSPS) is 19.1. The minimum atomic E-state index is 0. The van der Waals surface area contributed by atoms with Crippen LogP contribution in [0.2, 0.25) is 0 Å². The number of rotatable bonds is 3. The Hall–Kier alpha value is -2.44. The maximum Gasteiger partial charge on any atom is 0.226 e. The molecule has 2 atom stereocenters. The molecular formula is C22H27ClN4O2. The number of aryl methyl sites for hydroxylation is 2. The summed E-state index contributed by atoms with van der Waals surface area (Å²) >= 11 is 0. The average molecular weight is 415 g/mol. The fourth-order valence-electron chi connectivity index (χ4n) is 3.83. The van der Waals surface area contributed by atoms with E-state index in [-0.39, 0.29) is 24.6 Å². The molecule has 0 unspecified atom stereocenters. The van der Waals surface area contributed by atoms with Crippen molar-refractivity contribution in [1.29, 1.82) is 0 Å². The number of anilines is 1. The standard InChI is InChI=1S/C22H26N4O2.ClH/c1-13-11-26(12-14(2)28-13)22-24-10-20(18-6-8-23-16(4)15(18)3)21(25-22)19-7-9-27-17(19)5;/h6-10,13-14H,11-12H2,1-5H3;1H/t13-,14+;. The summed E-state index contributed by atoms with van der Waals surface area (Å²) in [4.78, 5) is 16.3. The molecule has 4 rings (SSSR count). The van der Waals surface area contributed by atoms with E-state index in [0.717, 1.165) is 58.4 Å². The van der Waals surface area contributed by atoms with Gasteiger partial charge in [0.05, 0.1) is 24.2 Å². The average Bonchev–Trinajstić information content (AvgIpc) is 3.09. The van der Waals surface area contributed by atoms with Crippen LogP contribution in [0.25, 0.3) is 22.4 Å². The topological polar surface area (TPSA) is 64.3 Å². The zero-order chi connectivity index (χ0) is 19.8. The van der Waals surface area contributed by atoms with E-state index in [4.69, 9.17) is 19.1 Å². The van der Waals surface area contributed by atoms with Gasteiger partial charge < -0.3 is 14.1 Å². The highest BCUT2D eigenvalue weighted by Crippen LogP contribution is 2.35. The maximum atomic E-state index is 5.86. The highest BCUT2D eigenvalue weighted by atomic mass is 35.5. The van der Waals surface area contributed by atoms with Crippen LogP contribution >= 0.6 is 12.4 Å². The lowest BCUT2D eigenvalue weighted by Crippen LogP contribution is -2.46. The lowest BCUT2D eigenvalue weighted by atomic mass is 9.97. The molecule has 0 spiro atoms. The van der Waals surface area contributed by atoms with Crippen LogP contribution in [0, 0.1) is 20.8 Å². The predicted molar refractivity (Wildman–Crippen MR) is 117 cm³/mol. The Morgan fingerprint density at radius 2 is 1.69 bits per heavy atom. The van der Waals surface area contributed by atoms with Gasteiger partial charge in [-0.1, -0.05) is 0 Å². The van der Waals surface area contributed by atoms with Gasteiger partial charge in [-0.25, -0.2) is 9.97 Å². The zero-order valence-corrected chi connectivity index (χ0v) is 18.3. The van der Waals surface area contributed by atoms with Crippen molar-refractivity contribution < 1.29 is 9.15 Å². The number of hydrogen-bond donors (Lipinski definition) is 0. The lowest BCUT2D eigenvalue weighted by Gasteiger charge is -2.35. The van der Waals surface area contributed by atoms with Crippen LogP contribution in [0.4, 0.5) is 5.95 Å². The molecule has 1 aliphatic heterocycles. The summed E-state index contributed by atoms with van der Waals surface area (Å²) in [5.41, 5.74) is 6.10. The van der Waals surface area contributed by atoms with E-state index < -0.39 is 0 Å². The van der Waals surface area contributed by atoms with Crippen molar-refractivity contribution in [1.82, 2.24) is 15.0 Å². The summed E-state index contributed by atoms with van der Waals surface area (Å²) in [6.07, 6.45) is 5.77. The monoisotopic (exact) mass is 414 g/mol. The van der Waals surface area contributed by atoms with Crippen LogP contribution in [0.5, 0.6) is 0 Å². The molecule has 0 aromatic carbocycles. The SMILES string of the molecule is Cc1nccc(-c2cnc(N3C[C@@H](C)O[C@@H](C)C3)nc2-c2ccoc2C)c1C.Cl. The predicted octanol–water partition coefficient (Wildman–Crippen LogP) is 4.76. The summed E-state index contributed by atoms with van der Waals surface area (Å²) in [6.45, 7) is 11.8. The van der Waals surface area contributed by atoms with Gasteiger partial charge in [0, 0.05) is 42.3 Å². The van der Waals surface area contributed by atoms with Gasteiger partial charge in [0.1, 0.15) is 5.76 Å². The number of pyridine rings is 1. The maximum absolute atomic E-state index is 5.86. The second-order valence-electron chi connectivity index (χ2n) is 7.55. The Morgan fingerprint density at radius 3 is 2.34 bits per heavy atom. The van der Waals surface area contributed by atoms with E-state index in [1.165, 1.54) is 0 Å². The second kappa shape index (κ2) is 8.51. The van der Waals surface area contributed by atoms with Crippen molar-refractivity contribution in [2.24, 2.45) is 0 Å². The van der Waals surface area contributed by atoms with Gasteiger partial charge in [-0.3, -0.25) is 4.98 Å². The second-order valence-corrected chi connectivity index (χ2v) is 7.55. The first-order valence-corrected chi connectivity index (χ1v) is 9.68. The van der Waals surface area contributed by atoms with Crippen LogP contribution in [-0.4, -0.2) is 40.2 Å². The molecule has 0 amide bonds. The molecule has 1 fully saturated rings. The molecule has 6 nitrogen and oxygen atoms in total. The molecule has 154 valence electrons. The zero-order valence-electron chi connectivity index (χ0n) is 17.5. The highest BCUT2D eigenvalue weighted by molar-refractivity contribution is 5.85. The molecule has 4 heterocycles. The molecule has 3 aromatic rings. The molecule has 1 saturated heterocycles. The van der Waals surface area contributed by atoms with Crippen LogP contribution in [0.15, 0.2) is 35.2 Å². The minimum Gasteiger partial charge on any atom is -0.469 e. The summed E-state index contributed by atoms with van der Waals surface area (Å²) in [6, 6.07) is 4.00. The number of morpholine rings is 1. The molecule has 0 saturated carbocycles. The molecule has 0 aliphatic carbocycles. The third kappa shape index (κ3) is 4.14. The van der Waals surface area contributed by atoms with Crippen LogP contribution in [-0.2, 0) is 4.74 Å². The van der Waals surface area contributed by atoms with Gasteiger partial charge >= 0.3 is 0 Å². The van der Waals surface area contributed by atoms with Gasteiger partial charge in [-0.2, -0.15) is 0 Å². The van der Waals surface area contributed by atoms with Crippen molar-refractivity contribution in [3.05, 3.63) is 47.8 Å². The van der Waals surface area contributed by atoms with Crippen molar-refractivity contribution in [3.8, 4) is 22.4 Å². The smallest absolute Gasteiger partial charge is 0.226 e. The summed E-state index contributed by atoms with van der Waals surface area (Å²) in [5, 5.41) is 0. The van der Waals surface area contributed by atoms with Crippen molar-refractivity contribution in [2.75, 3.05) is 18.0 Å². The fraction of sp³-hybridized carbons (Fsp3) is 0.409. The fourth-order valence-corrected chi connectivity index (χ4v) is 3.83. The first kappa shape index (κ1) is 21.3. The molecule has 0 bridgehead atoms. The van der Waals surface area contributed by atoms with Gasteiger partial charge in [-0.05, 0) is 57.9 Å². The molecule has 3 aromatic heterocycles. The molecule has 7 heteroatoms. The van der Waals surface area contributed by atoms with E-state index in [9.17, 15) is 0 Å². The summed E-state index contributed by atoms with van der Waals surface area (Å²) in [7, 11) is 0. The highest BCUT2D eigenvalue weighted by Gasteiger charge is 2.26. The Balaban J connectivity index is 0.00000240. The molecular weight excluding hydrogens is 388 g/mol. The van der Waals surface area contributed by atoms with Crippen molar-refractivity contribution in [3.63, 3.8) is 0 Å². The summed E-state index contributed by atoms with van der Waals surface area (Å²) in [5.74, 6) is 1.57. The Kier molecular flexibility index (Phi) is 6.24. The van der Waals surface area contributed by atoms with E-state index in [2.05, 4.69) is 30.7 Å². The molecule has 1 aliphatic rings. The number of ether oxygens (including phenoxy) is 1. The third-order valence-corrected chi connectivity index (χ3v) is 5.34. The van der Waals surface area contributed by atoms with Gasteiger partial charge in [0.25, 0.3) is 0 Å². The molecule has 0 radical (unpaired) electrons. The van der Waals surface area contributed by atoms with E-state index in [1.807, 2.05) is 38.4 Å². The van der Waals surface area contributed by atoms with E-state index >= 15 is 0 Å². The van der Waals surface area contributed by atoms with Gasteiger partial charge in [0.2, 0.25) is 5.95 Å². The first-order valence-electron chi connectivity index (χ1n) is 9.68. The largest absolute Gasteiger partial charge is 0.469 e. The number of halogens is 1. The quantitative estimate of drug-likeness (QED) is 0.615. The van der Waals surface area contributed by atoms with Gasteiger partial charge in [-0.15, -0.1) is 12.4 Å². The molecule has 0 N–H and O–H groups in total. The number of nitrogens with zero attached hydrogens (tertiary/aromatic N) is 4. The Labute approximate surface area is 177 Å². The Bertz CT molecular complexity index is 994. The third-order valence-electron chi connectivity index (χ3n) is 5.34.